The largest absolute Gasteiger partial charge is 0.488 e. The number of amides is 4. The van der Waals surface area contributed by atoms with Crippen molar-refractivity contribution in [3.63, 3.8) is 0 Å². The van der Waals surface area contributed by atoms with Gasteiger partial charge in [-0.2, -0.15) is 0 Å². The summed E-state index contributed by atoms with van der Waals surface area (Å²) in [7, 11) is 0. The fourth-order valence-electron chi connectivity index (χ4n) is 3.70. The zero-order valence-corrected chi connectivity index (χ0v) is 18.7. The van der Waals surface area contributed by atoms with Gasteiger partial charge >= 0.3 is 6.03 Å². The van der Waals surface area contributed by atoms with E-state index in [0.717, 1.165) is 27.2 Å². The number of ether oxygens (including phenoxy) is 1. The SMILES string of the molecule is Cc1cccc(COc2ccccc2/C=C2\C(=O)NC(=O)N(c3cccc(C)c3C)C2=O)c1. The van der Waals surface area contributed by atoms with Gasteiger partial charge in [0, 0.05) is 5.56 Å². The number of benzene rings is 3. The first kappa shape index (κ1) is 22.0. The standard InChI is InChI=1S/C27H24N2O4/c1-17-8-6-10-20(14-17)16-33-24-13-5-4-11-21(24)15-22-25(30)28-27(32)29(26(22)31)23-12-7-9-18(2)19(23)3/h4-15H,16H2,1-3H3,(H,28,30,32)/b22-15+. The van der Waals surface area contributed by atoms with Gasteiger partial charge in [0.2, 0.25) is 0 Å². The van der Waals surface area contributed by atoms with Crippen LogP contribution < -0.4 is 15.0 Å². The number of hydrogen-bond acceptors (Lipinski definition) is 4. The van der Waals surface area contributed by atoms with E-state index in [1.54, 1.807) is 30.3 Å². The van der Waals surface area contributed by atoms with Gasteiger partial charge in [-0.3, -0.25) is 14.9 Å². The van der Waals surface area contributed by atoms with E-state index in [0.29, 0.717) is 23.6 Å². The van der Waals surface area contributed by atoms with E-state index in [9.17, 15) is 14.4 Å². The van der Waals surface area contributed by atoms with Gasteiger partial charge in [0.05, 0.1) is 5.69 Å². The first-order valence-corrected chi connectivity index (χ1v) is 10.6. The molecule has 0 spiro atoms. The minimum absolute atomic E-state index is 0.137. The molecule has 0 radical (unpaired) electrons. The van der Waals surface area contributed by atoms with Gasteiger partial charge in [-0.1, -0.05) is 60.2 Å². The summed E-state index contributed by atoms with van der Waals surface area (Å²) in [5.41, 5.74) is 4.74. The van der Waals surface area contributed by atoms with Crippen LogP contribution in [0.3, 0.4) is 0 Å². The number of anilines is 1. The lowest BCUT2D eigenvalue weighted by atomic mass is 10.0. The van der Waals surface area contributed by atoms with Crippen molar-refractivity contribution in [3.05, 3.63) is 100 Å². The van der Waals surface area contributed by atoms with Gasteiger partial charge in [0.15, 0.2) is 0 Å². The Hall–Kier alpha value is -4.19. The van der Waals surface area contributed by atoms with Crippen molar-refractivity contribution in [1.82, 2.24) is 5.32 Å². The van der Waals surface area contributed by atoms with Crippen LogP contribution in [-0.4, -0.2) is 17.8 Å². The van der Waals surface area contributed by atoms with E-state index in [-0.39, 0.29) is 5.57 Å². The van der Waals surface area contributed by atoms with Gasteiger partial charge in [0.1, 0.15) is 17.9 Å². The van der Waals surface area contributed by atoms with E-state index in [2.05, 4.69) is 5.32 Å². The molecule has 6 nitrogen and oxygen atoms in total. The van der Waals surface area contributed by atoms with Crippen LogP contribution in [0.25, 0.3) is 6.08 Å². The quantitative estimate of drug-likeness (QED) is 0.454. The highest BCUT2D eigenvalue weighted by Gasteiger charge is 2.37. The maximum Gasteiger partial charge on any atom is 0.335 e. The highest BCUT2D eigenvalue weighted by atomic mass is 16.5. The number of urea groups is 1. The Morgan fingerprint density at radius 2 is 1.67 bits per heavy atom. The van der Waals surface area contributed by atoms with Gasteiger partial charge < -0.3 is 4.74 Å². The zero-order valence-electron chi connectivity index (χ0n) is 18.7. The molecule has 0 aromatic heterocycles. The Labute approximate surface area is 192 Å². The summed E-state index contributed by atoms with van der Waals surface area (Å²) in [4.78, 5) is 39.4. The molecule has 166 valence electrons. The number of imide groups is 2. The topological polar surface area (TPSA) is 75.7 Å². The van der Waals surface area contributed by atoms with E-state index in [1.165, 1.54) is 6.08 Å². The number of barbiturate groups is 1. The average Bonchev–Trinajstić information content (AvgIpc) is 2.78. The minimum atomic E-state index is -0.764. The monoisotopic (exact) mass is 440 g/mol. The molecule has 1 aliphatic rings. The number of nitrogens with one attached hydrogen (secondary N) is 1. The molecule has 3 aromatic rings. The second-order valence-electron chi connectivity index (χ2n) is 7.99. The molecule has 1 heterocycles. The lowest BCUT2D eigenvalue weighted by molar-refractivity contribution is -0.122. The first-order chi connectivity index (χ1) is 15.8. The lowest BCUT2D eigenvalue weighted by Crippen LogP contribution is -2.54. The van der Waals surface area contributed by atoms with Gasteiger partial charge in [-0.05, 0) is 55.7 Å². The van der Waals surface area contributed by atoms with Crippen molar-refractivity contribution < 1.29 is 19.1 Å². The molecule has 1 fully saturated rings. The molecular weight excluding hydrogens is 416 g/mol. The summed E-state index contributed by atoms with van der Waals surface area (Å²) in [6.07, 6.45) is 1.47. The van der Waals surface area contributed by atoms with E-state index in [1.807, 2.05) is 57.2 Å². The van der Waals surface area contributed by atoms with Gasteiger partial charge in [-0.25, -0.2) is 9.69 Å². The lowest BCUT2D eigenvalue weighted by Gasteiger charge is -2.28. The predicted molar refractivity (Wildman–Crippen MR) is 127 cm³/mol. The minimum Gasteiger partial charge on any atom is -0.488 e. The Balaban J connectivity index is 1.67. The maximum absolute atomic E-state index is 13.3. The molecule has 1 aliphatic heterocycles. The molecule has 0 unspecified atom stereocenters. The van der Waals surface area contributed by atoms with Crippen LogP contribution in [0.15, 0.2) is 72.3 Å². The normalized spacial score (nSPS) is 15.1. The van der Waals surface area contributed by atoms with E-state index >= 15 is 0 Å². The molecule has 4 amide bonds. The van der Waals surface area contributed by atoms with Crippen LogP contribution in [0.5, 0.6) is 5.75 Å². The average molecular weight is 440 g/mol. The molecule has 0 aliphatic carbocycles. The fraction of sp³-hybridized carbons (Fsp3) is 0.148. The van der Waals surface area contributed by atoms with Crippen molar-refractivity contribution >= 4 is 29.6 Å². The van der Waals surface area contributed by atoms with E-state index < -0.39 is 17.8 Å². The third kappa shape index (κ3) is 4.55. The van der Waals surface area contributed by atoms with Gasteiger partial charge in [0.25, 0.3) is 11.8 Å². The summed E-state index contributed by atoms with van der Waals surface area (Å²) >= 11 is 0. The molecule has 1 N–H and O–H groups in total. The van der Waals surface area contributed by atoms with Crippen LogP contribution in [-0.2, 0) is 16.2 Å². The molecular formula is C27H24N2O4. The van der Waals surface area contributed by atoms with Crippen molar-refractivity contribution in [2.24, 2.45) is 0 Å². The number of hydrogen-bond donors (Lipinski definition) is 1. The second-order valence-corrected chi connectivity index (χ2v) is 7.99. The molecule has 33 heavy (non-hydrogen) atoms. The van der Waals surface area contributed by atoms with Crippen LogP contribution in [0.4, 0.5) is 10.5 Å². The highest BCUT2D eigenvalue weighted by molar-refractivity contribution is 6.39. The number of carbonyl (C=O) groups excluding carboxylic acids is 3. The number of para-hydroxylation sites is 1. The smallest absolute Gasteiger partial charge is 0.335 e. The number of rotatable bonds is 5. The van der Waals surface area contributed by atoms with Gasteiger partial charge in [-0.15, -0.1) is 0 Å². The Kier molecular flexibility index (Phi) is 6.09. The van der Waals surface area contributed by atoms with Crippen molar-refractivity contribution in [1.29, 1.82) is 0 Å². The van der Waals surface area contributed by atoms with E-state index in [4.69, 9.17) is 4.74 Å². The molecule has 0 bridgehead atoms. The van der Waals surface area contributed by atoms with Crippen LogP contribution in [0.1, 0.15) is 27.8 Å². The molecule has 4 rings (SSSR count). The third-order valence-corrected chi connectivity index (χ3v) is 5.61. The molecule has 6 heteroatoms. The summed E-state index contributed by atoms with van der Waals surface area (Å²) in [6.45, 7) is 6.08. The Bertz CT molecular complexity index is 1290. The second kappa shape index (κ2) is 9.12. The number of aryl methyl sites for hydroxylation is 2. The molecule has 1 saturated heterocycles. The van der Waals surface area contributed by atoms with Crippen LogP contribution in [0, 0.1) is 20.8 Å². The summed E-state index contributed by atoms with van der Waals surface area (Å²) < 4.78 is 5.99. The predicted octanol–water partition coefficient (Wildman–Crippen LogP) is 4.86. The zero-order chi connectivity index (χ0) is 23.5. The first-order valence-electron chi connectivity index (χ1n) is 10.6. The Morgan fingerprint density at radius 3 is 2.45 bits per heavy atom. The summed E-state index contributed by atoms with van der Waals surface area (Å²) in [6, 6.07) is 19.7. The van der Waals surface area contributed by atoms with Crippen molar-refractivity contribution in [3.8, 4) is 5.75 Å². The Morgan fingerprint density at radius 1 is 0.909 bits per heavy atom. The summed E-state index contributed by atoms with van der Waals surface area (Å²) in [5.74, 6) is -0.881. The number of carbonyl (C=O) groups is 3. The number of nitrogens with zero attached hydrogens (tertiary/aromatic N) is 1. The van der Waals surface area contributed by atoms with Crippen LogP contribution in [0.2, 0.25) is 0 Å². The molecule has 0 atom stereocenters. The van der Waals surface area contributed by atoms with Crippen molar-refractivity contribution in [2.75, 3.05) is 4.90 Å². The molecule has 0 saturated carbocycles. The van der Waals surface area contributed by atoms with Crippen LogP contribution >= 0.6 is 0 Å². The van der Waals surface area contributed by atoms with Crippen molar-refractivity contribution in [2.45, 2.75) is 27.4 Å². The molecule has 3 aromatic carbocycles. The summed E-state index contributed by atoms with van der Waals surface area (Å²) in [5, 5.41) is 2.28. The fourth-order valence-corrected chi connectivity index (χ4v) is 3.70. The third-order valence-electron chi connectivity index (χ3n) is 5.61. The maximum atomic E-state index is 13.3. The highest BCUT2D eigenvalue weighted by Crippen LogP contribution is 2.28.